The molecule has 1 heterocycles. The molecule has 96 valence electrons. The molecular weight excluding hydrogens is 230 g/mol. The molecule has 1 atom stereocenters. The zero-order valence-corrected chi connectivity index (χ0v) is 10.6. The zero-order chi connectivity index (χ0) is 12.2. The van der Waals surface area contributed by atoms with E-state index in [0.29, 0.717) is 26.2 Å². The van der Waals surface area contributed by atoms with Crippen LogP contribution < -0.4 is 10.0 Å². The molecule has 16 heavy (non-hydrogen) atoms. The number of hydrogen-bond donors (Lipinski definition) is 3. The number of nitrogens with one attached hydrogen (secondary N) is 2. The Bertz CT molecular complexity index is 299. The Kier molecular flexibility index (Phi) is 5.13. The molecule has 3 N–H and O–H groups in total. The molecule has 1 rings (SSSR count). The number of nitrogens with zero attached hydrogens (tertiary/aromatic N) is 1. The zero-order valence-electron chi connectivity index (χ0n) is 9.81. The Morgan fingerprint density at radius 2 is 1.94 bits per heavy atom. The molecule has 0 aromatic carbocycles. The summed E-state index contributed by atoms with van der Waals surface area (Å²) in [6.45, 7) is 5.88. The van der Waals surface area contributed by atoms with Gasteiger partial charge in [-0.3, -0.25) is 0 Å². The van der Waals surface area contributed by atoms with Crippen molar-refractivity contribution >= 4 is 10.2 Å². The summed E-state index contributed by atoms with van der Waals surface area (Å²) in [5, 5.41) is 12.2. The van der Waals surface area contributed by atoms with Crippen LogP contribution in [0.3, 0.4) is 0 Å². The van der Waals surface area contributed by atoms with Crippen molar-refractivity contribution in [1.29, 1.82) is 0 Å². The fourth-order valence-electron chi connectivity index (χ4n) is 1.53. The Morgan fingerprint density at radius 3 is 2.38 bits per heavy atom. The number of aliphatic hydroxyl groups excluding tert-OH is 1. The van der Waals surface area contributed by atoms with Crippen molar-refractivity contribution in [2.24, 2.45) is 5.92 Å². The second-order valence-corrected chi connectivity index (χ2v) is 6.01. The van der Waals surface area contributed by atoms with E-state index in [1.807, 2.05) is 13.8 Å². The van der Waals surface area contributed by atoms with Crippen molar-refractivity contribution in [2.75, 3.05) is 32.8 Å². The van der Waals surface area contributed by atoms with Crippen LogP contribution in [0.2, 0.25) is 0 Å². The molecule has 0 spiro atoms. The topological polar surface area (TPSA) is 81.7 Å². The van der Waals surface area contributed by atoms with Gasteiger partial charge in [-0.05, 0) is 5.92 Å². The first-order valence-corrected chi connectivity index (χ1v) is 7.00. The highest BCUT2D eigenvalue weighted by Gasteiger charge is 2.27. The van der Waals surface area contributed by atoms with Gasteiger partial charge in [0.25, 0.3) is 10.2 Å². The second kappa shape index (κ2) is 5.92. The minimum absolute atomic E-state index is 0.0719. The molecule has 1 aliphatic heterocycles. The summed E-state index contributed by atoms with van der Waals surface area (Å²) < 4.78 is 27.8. The van der Waals surface area contributed by atoms with Crippen molar-refractivity contribution in [3.05, 3.63) is 0 Å². The number of hydrogen-bond acceptors (Lipinski definition) is 4. The molecule has 7 heteroatoms. The Labute approximate surface area is 97.2 Å². The Hall–Kier alpha value is -0.210. The van der Waals surface area contributed by atoms with Crippen LogP contribution in [-0.2, 0) is 10.2 Å². The van der Waals surface area contributed by atoms with Gasteiger partial charge in [-0.15, -0.1) is 0 Å². The van der Waals surface area contributed by atoms with Crippen LogP contribution in [0.4, 0.5) is 0 Å². The summed E-state index contributed by atoms with van der Waals surface area (Å²) in [5.74, 6) is 0.0719. The first-order valence-electron chi connectivity index (χ1n) is 5.56. The van der Waals surface area contributed by atoms with Gasteiger partial charge in [0, 0.05) is 32.2 Å². The summed E-state index contributed by atoms with van der Waals surface area (Å²) in [6, 6.07) is -0.417. The lowest BCUT2D eigenvalue weighted by molar-refractivity contribution is 0.224. The summed E-state index contributed by atoms with van der Waals surface area (Å²) in [5.41, 5.74) is 0. The second-order valence-electron chi connectivity index (χ2n) is 4.31. The van der Waals surface area contributed by atoms with Gasteiger partial charge in [-0.1, -0.05) is 13.8 Å². The van der Waals surface area contributed by atoms with E-state index in [1.165, 1.54) is 4.31 Å². The van der Waals surface area contributed by atoms with Crippen LogP contribution in [-0.4, -0.2) is 56.7 Å². The van der Waals surface area contributed by atoms with Crippen molar-refractivity contribution in [3.63, 3.8) is 0 Å². The monoisotopic (exact) mass is 251 g/mol. The van der Waals surface area contributed by atoms with E-state index in [0.717, 1.165) is 0 Å². The first kappa shape index (κ1) is 13.9. The maximum Gasteiger partial charge on any atom is 0.279 e. The van der Waals surface area contributed by atoms with E-state index < -0.39 is 16.3 Å². The third-order valence-electron chi connectivity index (χ3n) is 2.72. The standard InChI is InChI=1S/C9H21N3O3S/c1-8(2)9(7-13)11-16(14,15)12-5-3-10-4-6-12/h8-11,13H,3-7H2,1-2H3/t9-/m1/s1. The molecule has 0 aromatic rings. The smallest absolute Gasteiger partial charge is 0.279 e. The molecule has 0 radical (unpaired) electrons. The van der Waals surface area contributed by atoms with Gasteiger partial charge in [-0.2, -0.15) is 17.4 Å². The third kappa shape index (κ3) is 3.67. The molecule has 0 saturated carbocycles. The van der Waals surface area contributed by atoms with E-state index in [2.05, 4.69) is 10.0 Å². The number of aliphatic hydroxyl groups is 1. The normalized spacial score (nSPS) is 21.2. The van der Waals surface area contributed by atoms with Crippen molar-refractivity contribution in [1.82, 2.24) is 14.3 Å². The van der Waals surface area contributed by atoms with Gasteiger partial charge in [0.05, 0.1) is 6.61 Å². The summed E-state index contributed by atoms with van der Waals surface area (Å²) >= 11 is 0. The SMILES string of the molecule is CC(C)[C@@H](CO)NS(=O)(=O)N1CCNCC1. The first-order chi connectivity index (χ1) is 7.47. The molecule has 0 unspecified atom stereocenters. The highest BCUT2D eigenvalue weighted by Crippen LogP contribution is 2.06. The molecule has 1 aliphatic rings. The quantitative estimate of drug-likeness (QED) is 0.570. The minimum Gasteiger partial charge on any atom is -0.395 e. The molecule has 0 bridgehead atoms. The van der Waals surface area contributed by atoms with Gasteiger partial charge < -0.3 is 10.4 Å². The fraction of sp³-hybridized carbons (Fsp3) is 1.00. The minimum atomic E-state index is -3.46. The highest BCUT2D eigenvalue weighted by molar-refractivity contribution is 7.87. The van der Waals surface area contributed by atoms with Crippen LogP contribution in [0.25, 0.3) is 0 Å². The van der Waals surface area contributed by atoms with Crippen molar-refractivity contribution in [2.45, 2.75) is 19.9 Å². The predicted octanol–water partition coefficient (Wildman–Crippen LogP) is -1.26. The van der Waals surface area contributed by atoms with Crippen molar-refractivity contribution in [3.8, 4) is 0 Å². The molecule has 0 aliphatic carbocycles. The summed E-state index contributed by atoms with van der Waals surface area (Å²) in [6.07, 6.45) is 0. The van der Waals surface area contributed by atoms with Crippen LogP contribution in [0.15, 0.2) is 0 Å². The van der Waals surface area contributed by atoms with E-state index in [-0.39, 0.29) is 12.5 Å². The maximum absolute atomic E-state index is 11.9. The highest BCUT2D eigenvalue weighted by atomic mass is 32.2. The van der Waals surface area contributed by atoms with E-state index in [1.54, 1.807) is 0 Å². The molecule has 1 fully saturated rings. The predicted molar refractivity (Wildman–Crippen MR) is 62.2 cm³/mol. The average Bonchev–Trinajstić information content (AvgIpc) is 2.27. The lowest BCUT2D eigenvalue weighted by atomic mass is 10.1. The Balaban J connectivity index is 2.62. The molecule has 1 saturated heterocycles. The molecule has 6 nitrogen and oxygen atoms in total. The van der Waals surface area contributed by atoms with Crippen LogP contribution in [0.5, 0.6) is 0 Å². The third-order valence-corrected chi connectivity index (χ3v) is 4.36. The van der Waals surface area contributed by atoms with Gasteiger partial charge >= 0.3 is 0 Å². The van der Waals surface area contributed by atoms with E-state index in [9.17, 15) is 8.42 Å². The van der Waals surface area contributed by atoms with Gasteiger partial charge in [0.1, 0.15) is 0 Å². The van der Waals surface area contributed by atoms with Crippen molar-refractivity contribution < 1.29 is 13.5 Å². The maximum atomic E-state index is 11.9. The van der Waals surface area contributed by atoms with Crippen LogP contribution >= 0.6 is 0 Å². The Morgan fingerprint density at radius 1 is 1.38 bits per heavy atom. The lowest BCUT2D eigenvalue weighted by Gasteiger charge is -2.29. The molecule has 0 amide bonds. The van der Waals surface area contributed by atoms with Crippen LogP contribution in [0.1, 0.15) is 13.8 Å². The summed E-state index contributed by atoms with van der Waals surface area (Å²) in [4.78, 5) is 0. The fourth-order valence-corrected chi connectivity index (χ4v) is 3.08. The lowest BCUT2D eigenvalue weighted by Crippen LogP contribution is -2.54. The largest absolute Gasteiger partial charge is 0.395 e. The molecular formula is C9H21N3O3S. The van der Waals surface area contributed by atoms with Crippen LogP contribution in [0, 0.1) is 5.92 Å². The average molecular weight is 251 g/mol. The van der Waals surface area contributed by atoms with Gasteiger partial charge in [0.15, 0.2) is 0 Å². The van der Waals surface area contributed by atoms with Gasteiger partial charge in [-0.25, -0.2) is 0 Å². The van der Waals surface area contributed by atoms with E-state index in [4.69, 9.17) is 5.11 Å². The summed E-state index contributed by atoms with van der Waals surface area (Å²) in [7, 11) is -3.46. The molecule has 0 aromatic heterocycles. The van der Waals surface area contributed by atoms with Gasteiger partial charge in [0.2, 0.25) is 0 Å². The number of piperazine rings is 1. The number of rotatable bonds is 5. The van der Waals surface area contributed by atoms with E-state index >= 15 is 0 Å².